The molecule has 0 radical (unpaired) electrons. The number of nitrogens with zero attached hydrogens (tertiary/aromatic N) is 1. The Kier molecular flexibility index (Phi) is 9.05. The molecule has 3 aromatic carbocycles. The second kappa shape index (κ2) is 12.6. The van der Waals surface area contributed by atoms with E-state index in [9.17, 15) is 4.79 Å². The van der Waals surface area contributed by atoms with Crippen molar-refractivity contribution >= 4 is 17.2 Å². The van der Waals surface area contributed by atoms with Crippen molar-refractivity contribution < 1.29 is 14.3 Å². The summed E-state index contributed by atoms with van der Waals surface area (Å²) in [5.41, 5.74) is 3.25. The van der Waals surface area contributed by atoms with E-state index < -0.39 is 5.54 Å². The Balaban J connectivity index is 2.01. The molecular weight excluding hydrogens is 458 g/mol. The molecule has 0 heterocycles. The number of rotatable bonds is 10. The largest absolute Gasteiger partial charge is 0.497 e. The van der Waals surface area contributed by atoms with Gasteiger partial charge in [-0.15, -0.1) is 0 Å². The molecule has 3 aromatic rings. The summed E-state index contributed by atoms with van der Waals surface area (Å²) in [5, 5.41) is 0. The van der Waals surface area contributed by atoms with Crippen molar-refractivity contribution in [3.8, 4) is 5.75 Å². The Morgan fingerprint density at radius 3 is 1.92 bits per heavy atom. The predicted molar refractivity (Wildman–Crippen MR) is 152 cm³/mol. The van der Waals surface area contributed by atoms with Crippen LogP contribution in [0.3, 0.4) is 0 Å². The van der Waals surface area contributed by atoms with E-state index in [1.54, 1.807) is 7.11 Å². The average molecular weight is 498 g/mol. The number of esters is 1. The van der Waals surface area contributed by atoms with Crippen LogP contribution in [-0.4, -0.2) is 31.8 Å². The standard InChI is InChI=1S/C33H39NO3/c1-4-34(29-21-23-30(36-3)24-22-29)33(32(35)37-5-2,28-19-13-8-14-20-28)25-31(26-15-9-6-10-16-26)27-17-11-7-12-18-27/h6-7,9-12,15-18,21-25,28H,4-5,8,13-14,19-20H2,1-3H3. The Morgan fingerprint density at radius 2 is 1.43 bits per heavy atom. The van der Waals surface area contributed by atoms with E-state index in [1.165, 1.54) is 6.42 Å². The summed E-state index contributed by atoms with van der Waals surface area (Å²) in [7, 11) is 1.67. The van der Waals surface area contributed by atoms with E-state index >= 15 is 0 Å². The third-order valence-corrected chi connectivity index (χ3v) is 7.51. The molecule has 1 fully saturated rings. The third-order valence-electron chi connectivity index (χ3n) is 7.51. The highest BCUT2D eigenvalue weighted by atomic mass is 16.5. The topological polar surface area (TPSA) is 38.8 Å². The number of benzene rings is 3. The summed E-state index contributed by atoms with van der Waals surface area (Å²) in [6.07, 6.45) is 7.63. The highest BCUT2D eigenvalue weighted by Gasteiger charge is 2.50. The first-order chi connectivity index (χ1) is 18.1. The van der Waals surface area contributed by atoms with Gasteiger partial charge in [-0.1, -0.05) is 79.9 Å². The van der Waals surface area contributed by atoms with E-state index in [-0.39, 0.29) is 11.9 Å². The van der Waals surface area contributed by atoms with Crippen molar-refractivity contribution in [3.05, 3.63) is 102 Å². The molecule has 1 saturated carbocycles. The van der Waals surface area contributed by atoms with Crippen LogP contribution in [-0.2, 0) is 9.53 Å². The monoisotopic (exact) mass is 497 g/mol. The lowest BCUT2D eigenvalue weighted by Gasteiger charge is -2.47. The zero-order valence-corrected chi connectivity index (χ0v) is 22.4. The number of methoxy groups -OCH3 is 1. The van der Waals surface area contributed by atoms with Crippen molar-refractivity contribution in [1.29, 1.82) is 0 Å². The molecule has 4 heteroatoms. The van der Waals surface area contributed by atoms with Gasteiger partial charge in [-0.2, -0.15) is 0 Å². The van der Waals surface area contributed by atoms with Gasteiger partial charge < -0.3 is 14.4 Å². The van der Waals surface area contributed by atoms with Crippen LogP contribution >= 0.6 is 0 Å². The minimum Gasteiger partial charge on any atom is -0.497 e. The van der Waals surface area contributed by atoms with Crippen molar-refractivity contribution in [2.24, 2.45) is 5.92 Å². The summed E-state index contributed by atoms with van der Waals surface area (Å²) in [4.78, 5) is 16.6. The summed E-state index contributed by atoms with van der Waals surface area (Å²) >= 11 is 0. The van der Waals surface area contributed by atoms with Gasteiger partial charge in [0.15, 0.2) is 5.54 Å². The fraction of sp³-hybridized carbons (Fsp3) is 0.364. The fourth-order valence-corrected chi connectivity index (χ4v) is 5.75. The number of carbonyl (C=O) groups is 1. The molecule has 1 aliphatic rings. The maximum atomic E-state index is 14.3. The van der Waals surface area contributed by atoms with Crippen LogP contribution in [0.5, 0.6) is 5.75 Å². The van der Waals surface area contributed by atoms with Gasteiger partial charge >= 0.3 is 5.97 Å². The van der Waals surface area contributed by atoms with Gasteiger partial charge in [-0.05, 0) is 79.6 Å². The molecule has 37 heavy (non-hydrogen) atoms. The highest BCUT2D eigenvalue weighted by molar-refractivity contribution is 5.93. The molecule has 0 aromatic heterocycles. The van der Waals surface area contributed by atoms with E-state index in [0.29, 0.717) is 13.2 Å². The molecular formula is C33H39NO3. The van der Waals surface area contributed by atoms with Crippen LogP contribution in [0.4, 0.5) is 5.69 Å². The van der Waals surface area contributed by atoms with Gasteiger partial charge in [-0.25, -0.2) is 4.79 Å². The van der Waals surface area contributed by atoms with E-state index in [2.05, 4.69) is 78.6 Å². The Hall–Kier alpha value is -3.53. The quantitative estimate of drug-likeness (QED) is 0.271. The van der Waals surface area contributed by atoms with Gasteiger partial charge in [-0.3, -0.25) is 0 Å². The first-order valence-corrected chi connectivity index (χ1v) is 13.6. The van der Waals surface area contributed by atoms with E-state index in [4.69, 9.17) is 9.47 Å². The molecule has 0 amide bonds. The lowest BCUT2D eigenvalue weighted by molar-refractivity contribution is -0.150. The predicted octanol–water partition coefficient (Wildman–Crippen LogP) is 7.54. The summed E-state index contributed by atoms with van der Waals surface area (Å²) < 4.78 is 11.4. The van der Waals surface area contributed by atoms with Gasteiger partial charge in [0.05, 0.1) is 13.7 Å². The van der Waals surface area contributed by atoms with Crippen LogP contribution < -0.4 is 9.64 Å². The van der Waals surface area contributed by atoms with Crippen molar-refractivity contribution in [2.45, 2.75) is 51.5 Å². The number of ether oxygens (including phenoxy) is 2. The summed E-state index contributed by atoms with van der Waals surface area (Å²) in [6.45, 7) is 5.02. The van der Waals surface area contributed by atoms with Crippen LogP contribution in [0.2, 0.25) is 0 Å². The second-order valence-electron chi connectivity index (χ2n) is 9.61. The third kappa shape index (κ3) is 5.74. The Morgan fingerprint density at radius 1 is 0.865 bits per heavy atom. The van der Waals surface area contributed by atoms with E-state index in [0.717, 1.165) is 53.8 Å². The molecule has 4 rings (SSSR count). The van der Waals surface area contributed by atoms with Gasteiger partial charge in [0.25, 0.3) is 0 Å². The molecule has 0 bridgehead atoms. The zero-order valence-electron chi connectivity index (χ0n) is 22.4. The van der Waals surface area contributed by atoms with E-state index in [1.807, 2.05) is 31.2 Å². The molecule has 1 unspecified atom stereocenters. The minimum atomic E-state index is -0.958. The molecule has 1 aliphatic carbocycles. The van der Waals surface area contributed by atoms with Gasteiger partial charge in [0.1, 0.15) is 5.75 Å². The summed E-state index contributed by atoms with van der Waals surface area (Å²) in [5.74, 6) is 0.748. The van der Waals surface area contributed by atoms with Crippen LogP contribution in [0.15, 0.2) is 91.0 Å². The smallest absolute Gasteiger partial charge is 0.336 e. The SMILES string of the molecule is CCOC(=O)C(C=C(c1ccccc1)c1ccccc1)(C1CCCCC1)N(CC)c1ccc(OC)cc1. The van der Waals surface area contributed by atoms with Gasteiger partial charge in [0, 0.05) is 12.2 Å². The van der Waals surface area contributed by atoms with Crippen molar-refractivity contribution in [3.63, 3.8) is 0 Å². The lowest BCUT2D eigenvalue weighted by atomic mass is 9.71. The number of anilines is 1. The van der Waals surface area contributed by atoms with Crippen LogP contribution in [0, 0.1) is 5.92 Å². The molecule has 0 saturated heterocycles. The Bertz CT molecular complexity index is 1110. The number of carbonyl (C=O) groups excluding carboxylic acids is 1. The summed E-state index contributed by atoms with van der Waals surface area (Å²) in [6, 6.07) is 28.8. The molecule has 0 N–H and O–H groups in total. The molecule has 0 aliphatic heterocycles. The second-order valence-corrected chi connectivity index (χ2v) is 9.61. The van der Waals surface area contributed by atoms with Gasteiger partial charge in [0.2, 0.25) is 0 Å². The highest BCUT2D eigenvalue weighted by Crippen LogP contribution is 2.43. The lowest BCUT2D eigenvalue weighted by Crippen LogP contribution is -2.60. The van der Waals surface area contributed by atoms with Crippen molar-refractivity contribution in [2.75, 3.05) is 25.2 Å². The first kappa shape index (κ1) is 26.5. The average Bonchev–Trinajstić information content (AvgIpc) is 2.97. The maximum Gasteiger partial charge on any atom is 0.336 e. The number of hydrogen-bond donors (Lipinski definition) is 0. The van der Waals surface area contributed by atoms with Crippen LogP contribution in [0.1, 0.15) is 57.1 Å². The van der Waals surface area contributed by atoms with Crippen LogP contribution in [0.25, 0.3) is 5.57 Å². The molecule has 0 spiro atoms. The zero-order chi connectivity index (χ0) is 26.1. The van der Waals surface area contributed by atoms with Crippen molar-refractivity contribution in [1.82, 2.24) is 0 Å². The minimum absolute atomic E-state index is 0.129. The molecule has 4 nitrogen and oxygen atoms in total. The number of hydrogen-bond acceptors (Lipinski definition) is 4. The fourth-order valence-electron chi connectivity index (χ4n) is 5.75. The number of likely N-dealkylation sites (N-methyl/N-ethyl adjacent to an activating group) is 1. The Labute approximate surface area is 221 Å². The molecule has 194 valence electrons. The maximum absolute atomic E-state index is 14.3. The first-order valence-electron chi connectivity index (χ1n) is 13.6. The normalized spacial score (nSPS) is 15.3. The molecule has 1 atom stereocenters.